The van der Waals surface area contributed by atoms with Crippen molar-refractivity contribution in [2.24, 2.45) is 4.99 Å². The molecule has 1 aliphatic rings. The van der Waals surface area contributed by atoms with Crippen molar-refractivity contribution in [2.45, 2.75) is 18.9 Å². The summed E-state index contributed by atoms with van der Waals surface area (Å²) in [6, 6.07) is 14.1. The Morgan fingerprint density at radius 3 is 2.62 bits per heavy atom. The normalized spacial score (nSPS) is 15.6. The summed E-state index contributed by atoms with van der Waals surface area (Å²) in [5, 5.41) is 12.8. The van der Waals surface area contributed by atoms with E-state index in [-0.39, 0.29) is 12.5 Å². The molecule has 0 aliphatic carbocycles. The van der Waals surface area contributed by atoms with E-state index < -0.39 is 0 Å². The zero-order valence-electron chi connectivity index (χ0n) is 14.9. The minimum atomic E-state index is -0.0911. The number of guanidine groups is 1. The number of benzene rings is 1. The van der Waals surface area contributed by atoms with E-state index in [1.807, 2.05) is 30.3 Å². The van der Waals surface area contributed by atoms with Gasteiger partial charge in [0.2, 0.25) is 5.91 Å². The van der Waals surface area contributed by atoms with Crippen molar-refractivity contribution < 1.29 is 4.79 Å². The van der Waals surface area contributed by atoms with E-state index >= 15 is 0 Å². The summed E-state index contributed by atoms with van der Waals surface area (Å²) in [6.07, 6.45) is 2.10. The van der Waals surface area contributed by atoms with Crippen LogP contribution in [-0.4, -0.2) is 44.6 Å². The van der Waals surface area contributed by atoms with Gasteiger partial charge in [-0.05, 0) is 42.5 Å². The van der Waals surface area contributed by atoms with Crippen molar-refractivity contribution in [3.63, 3.8) is 0 Å². The van der Waals surface area contributed by atoms with Crippen molar-refractivity contribution in [3.8, 4) is 0 Å². The number of amides is 1. The van der Waals surface area contributed by atoms with Crippen LogP contribution in [-0.2, 0) is 4.79 Å². The molecule has 1 amide bonds. The zero-order chi connectivity index (χ0) is 18.2. The summed E-state index contributed by atoms with van der Waals surface area (Å²) in [7, 11) is 1.73. The molecule has 7 heteroatoms. The molecule has 2 aromatic rings. The van der Waals surface area contributed by atoms with E-state index in [1.54, 1.807) is 18.4 Å². The summed E-state index contributed by atoms with van der Waals surface area (Å²) >= 11 is 1.79. The highest BCUT2D eigenvalue weighted by atomic mass is 32.1. The molecule has 1 aliphatic heterocycles. The van der Waals surface area contributed by atoms with Crippen molar-refractivity contribution >= 4 is 33.9 Å². The lowest BCUT2D eigenvalue weighted by molar-refractivity contribution is -0.115. The summed E-state index contributed by atoms with van der Waals surface area (Å²) in [4.78, 5) is 18.7. The van der Waals surface area contributed by atoms with Gasteiger partial charge in [-0.15, -0.1) is 11.3 Å². The van der Waals surface area contributed by atoms with E-state index in [4.69, 9.17) is 0 Å². The smallest absolute Gasteiger partial charge is 0.243 e. The van der Waals surface area contributed by atoms with E-state index in [9.17, 15) is 4.79 Å². The number of rotatable bonds is 5. The molecule has 26 heavy (non-hydrogen) atoms. The topological polar surface area (TPSA) is 68.8 Å². The highest BCUT2D eigenvalue weighted by Crippen LogP contribution is 2.24. The van der Waals surface area contributed by atoms with Crippen LogP contribution in [0.25, 0.3) is 0 Å². The molecule has 0 unspecified atom stereocenters. The van der Waals surface area contributed by atoms with Crippen LogP contribution >= 0.6 is 11.3 Å². The number of aliphatic imine (C=N–C) groups is 1. The fourth-order valence-electron chi connectivity index (χ4n) is 2.97. The van der Waals surface area contributed by atoms with Crippen LogP contribution < -0.4 is 20.9 Å². The van der Waals surface area contributed by atoms with Crippen LogP contribution in [0.4, 0.5) is 10.7 Å². The van der Waals surface area contributed by atoms with E-state index in [0.717, 1.165) is 31.6 Å². The Morgan fingerprint density at radius 2 is 1.96 bits per heavy atom. The SMILES string of the molecule is CN=C(NCC(=O)Nc1ccccc1)NC1CCN(c2cccs2)CC1. The van der Waals surface area contributed by atoms with Crippen molar-refractivity contribution in [2.75, 3.05) is 36.9 Å². The summed E-state index contributed by atoms with van der Waals surface area (Å²) < 4.78 is 0. The van der Waals surface area contributed by atoms with Crippen molar-refractivity contribution in [3.05, 3.63) is 47.8 Å². The second-order valence-corrected chi connectivity index (χ2v) is 7.12. The molecule has 1 fully saturated rings. The first-order valence-corrected chi connectivity index (χ1v) is 9.73. The minimum Gasteiger partial charge on any atom is -0.363 e. The first kappa shape index (κ1) is 18.3. The Labute approximate surface area is 158 Å². The molecule has 0 saturated carbocycles. The maximum atomic E-state index is 12.0. The van der Waals surface area contributed by atoms with Gasteiger partial charge in [0.15, 0.2) is 5.96 Å². The lowest BCUT2D eigenvalue weighted by Gasteiger charge is -2.33. The highest BCUT2D eigenvalue weighted by molar-refractivity contribution is 7.14. The molecular formula is C19H25N5OS. The standard InChI is InChI=1S/C19H25N5OS/c1-20-19(21-14-17(25)22-15-6-3-2-4-7-15)23-16-9-11-24(12-10-16)18-8-5-13-26-18/h2-8,13,16H,9-12,14H2,1H3,(H,22,25)(H2,20,21,23). The third-order valence-electron chi connectivity index (χ3n) is 4.35. The van der Waals surface area contributed by atoms with Crippen LogP contribution in [0.3, 0.4) is 0 Å². The van der Waals surface area contributed by atoms with Gasteiger partial charge in [0.1, 0.15) is 0 Å². The Morgan fingerprint density at radius 1 is 1.19 bits per heavy atom. The average Bonchev–Trinajstić information content (AvgIpc) is 3.21. The van der Waals surface area contributed by atoms with Crippen LogP contribution in [0.1, 0.15) is 12.8 Å². The number of nitrogens with one attached hydrogen (secondary N) is 3. The van der Waals surface area contributed by atoms with Gasteiger partial charge < -0.3 is 20.9 Å². The number of nitrogens with zero attached hydrogens (tertiary/aromatic N) is 2. The second kappa shape index (κ2) is 9.24. The van der Waals surface area contributed by atoms with Gasteiger partial charge in [0.25, 0.3) is 0 Å². The van der Waals surface area contributed by atoms with Crippen LogP contribution in [0.2, 0.25) is 0 Å². The van der Waals surface area contributed by atoms with Gasteiger partial charge in [-0.1, -0.05) is 18.2 Å². The number of hydrogen-bond acceptors (Lipinski definition) is 4. The van der Waals surface area contributed by atoms with Gasteiger partial charge >= 0.3 is 0 Å². The fraction of sp³-hybridized carbons (Fsp3) is 0.368. The van der Waals surface area contributed by atoms with E-state index in [2.05, 4.69) is 43.4 Å². The Bertz CT molecular complexity index is 709. The monoisotopic (exact) mass is 371 g/mol. The Balaban J connectivity index is 1.40. The second-order valence-electron chi connectivity index (χ2n) is 6.20. The molecule has 138 valence electrons. The van der Waals surface area contributed by atoms with Gasteiger partial charge in [-0.2, -0.15) is 0 Å². The van der Waals surface area contributed by atoms with Crippen molar-refractivity contribution in [1.29, 1.82) is 0 Å². The van der Waals surface area contributed by atoms with E-state index in [0.29, 0.717) is 12.0 Å². The molecule has 0 bridgehead atoms. The minimum absolute atomic E-state index is 0.0911. The quantitative estimate of drug-likeness (QED) is 0.558. The first-order valence-electron chi connectivity index (χ1n) is 8.85. The number of carbonyl (C=O) groups is 1. The van der Waals surface area contributed by atoms with Gasteiger partial charge in [-0.3, -0.25) is 9.79 Å². The summed E-state index contributed by atoms with van der Waals surface area (Å²) in [5.74, 6) is 0.578. The lowest BCUT2D eigenvalue weighted by Crippen LogP contribution is -2.49. The third-order valence-corrected chi connectivity index (χ3v) is 5.28. The van der Waals surface area contributed by atoms with Crippen LogP contribution in [0.15, 0.2) is 52.8 Å². The molecule has 1 saturated heterocycles. The number of anilines is 2. The zero-order valence-corrected chi connectivity index (χ0v) is 15.8. The van der Waals surface area contributed by atoms with Crippen LogP contribution in [0, 0.1) is 0 Å². The molecule has 0 radical (unpaired) electrons. The molecule has 1 aromatic carbocycles. The summed E-state index contributed by atoms with van der Waals surface area (Å²) in [6.45, 7) is 2.25. The molecule has 3 rings (SSSR count). The Kier molecular flexibility index (Phi) is 6.49. The molecule has 0 spiro atoms. The predicted octanol–water partition coefficient (Wildman–Crippen LogP) is 2.52. The summed E-state index contributed by atoms with van der Waals surface area (Å²) in [5.41, 5.74) is 0.795. The number of hydrogen-bond donors (Lipinski definition) is 3. The highest BCUT2D eigenvalue weighted by Gasteiger charge is 2.20. The van der Waals surface area contributed by atoms with Gasteiger partial charge in [-0.25, -0.2) is 0 Å². The van der Waals surface area contributed by atoms with Crippen molar-refractivity contribution in [1.82, 2.24) is 10.6 Å². The molecule has 2 heterocycles. The number of para-hydroxylation sites is 1. The average molecular weight is 372 g/mol. The molecular weight excluding hydrogens is 346 g/mol. The van der Waals surface area contributed by atoms with E-state index in [1.165, 1.54) is 5.00 Å². The van der Waals surface area contributed by atoms with Gasteiger partial charge in [0, 0.05) is 31.9 Å². The Hall–Kier alpha value is -2.54. The predicted molar refractivity (Wildman–Crippen MR) is 109 cm³/mol. The maximum Gasteiger partial charge on any atom is 0.243 e. The molecule has 3 N–H and O–H groups in total. The third kappa shape index (κ3) is 5.23. The number of piperidine rings is 1. The lowest BCUT2D eigenvalue weighted by atomic mass is 10.1. The van der Waals surface area contributed by atoms with Gasteiger partial charge in [0.05, 0.1) is 11.5 Å². The number of carbonyl (C=O) groups excluding carboxylic acids is 1. The first-order chi connectivity index (χ1) is 12.7. The molecule has 0 atom stereocenters. The largest absolute Gasteiger partial charge is 0.363 e. The fourth-order valence-corrected chi connectivity index (χ4v) is 3.76. The number of thiophene rings is 1. The molecule has 6 nitrogen and oxygen atoms in total. The van der Waals surface area contributed by atoms with Crippen LogP contribution in [0.5, 0.6) is 0 Å². The maximum absolute atomic E-state index is 12.0. The molecule has 1 aromatic heterocycles.